The van der Waals surface area contributed by atoms with Crippen molar-refractivity contribution in [3.05, 3.63) is 34.9 Å². The van der Waals surface area contributed by atoms with Crippen molar-refractivity contribution in [2.75, 3.05) is 6.61 Å². The van der Waals surface area contributed by atoms with E-state index in [2.05, 4.69) is 17.2 Å². The molecule has 19 heavy (non-hydrogen) atoms. The summed E-state index contributed by atoms with van der Waals surface area (Å²) in [6.45, 7) is 6.01. The summed E-state index contributed by atoms with van der Waals surface area (Å²) in [5, 5.41) is 11.7. The second kappa shape index (κ2) is 7.60. The highest BCUT2D eigenvalue weighted by molar-refractivity contribution is 5.97. The number of hydrogen-bond acceptors (Lipinski definition) is 2. The van der Waals surface area contributed by atoms with Crippen molar-refractivity contribution in [1.29, 1.82) is 0 Å². The third-order valence-electron chi connectivity index (χ3n) is 2.87. The van der Waals surface area contributed by atoms with Crippen LogP contribution in [-0.2, 0) is 0 Å². The number of nitrogens with one attached hydrogen (secondary N) is 1. The first-order chi connectivity index (χ1) is 9.08. The minimum absolute atomic E-state index is 0.0349. The molecule has 2 N–H and O–H groups in total. The minimum Gasteiger partial charge on any atom is -0.395 e. The minimum atomic E-state index is -0.0948. The lowest BCUT2D eigenvalue weighted by atomic mass is 10.0. The van der Waals surface area contributed by atoms with Gasteiger partial charge in [0.2, 0.25) is 0 Å². The molecule has 0 aliphatic heterocycles. The van der Waals surface area contributed by atoms with Crippen molar-refractivity contribution in [2.24, 2.45) is 0 Å². The standard InChI is InChI=1S/C16H21NO2/c1-4-13(3)17-16(19)15-9-8-12(2)11-14(15)7-5-6-10-18/h8-9,11,13,18H,4,6,10H2,1-3H3,(H,17,19). The molecule has 0 heterocycles. The Morgan fingerprint density at radius 3 is 2.84 bits per heavy atom. The molecule has 0 radical (unpaired) electrons. The molecule has 3 heteroatoms. The molecule has 1 rings (SSSR count). The maximum absolute atomic E-state index is 12.2. The smallest absolute Gasteiger partial charge is 0.252 e. The lowest BCUT2D eigenvalue weighted by Crippen LogP contribution is -2.32. The van der Waals surface area contributed by atoms with Crippen LogP contribution in [0.1, 0.15) is 48.2 Å². The molecular formula is C16H21NO2. The Kier molecular flexibility index (Phi) is 6.11. The summed E-state index contributed by atoms with van der Waals surface area (Å²) in [4.78, 5) is 12.2. The SMILES string of the molecule is CCC(C)NC(=O)c1ccc(C)cc1C#CCCO. The highest BCUT2D eigenvalue weighted by Crippen LogP contribution is 2.11. The summed E-state index contributed by atoms with van der Waals surface area (Å²) >= 11 is 0. The summed E-state index contributed by atoms with van der Waals surface area (Å²) in [6.07, 6.45) is 1.31. The highest BCUT2D eigenvalue weighted by Gasteiger charge is 2.12. The Balaban J connectivity index is 3.00. The first kappa shape index (κ1) is 15.3. The van der Waals surface area contributed by atoms with Crippen LogP contribution in [0.25, 0.3) is 0 Å². The van der Waals surface area contributed by atoms with Crippen molar-refractivity contribution in [3.63, 3.8) is 0 Å². The molecule has 0 spiro atoms. The van der Waals surface area contributed by atoms with Gasteiger partial charge in [-0.05, 0) is 38.0 Å². The van der Waals surface area contributed by atoms with Crippen LogP contribution in [0.4, 0.5) is 0 Å². The van der Waals surface area contributed by atoms with Crippen molar-refractivity contribution in [3.8, 4) is 11.8 Å². The normalized spacial score (nSPS) is 11.4. The Bertz CT molecular complexity index is 497. The number of hydrogen-bond donors (Lipinski definition) is 2. The lowest BCUT2D eigenvalue weighted by Gasteiger charge is -2.12. The van der Waals surface area contributed by atoms with Gasteiger partial charge < -0.3 is 10.4 Å². The fraction of sp³-hybridized carbons (Fsp3) is 0.438. The van der Waals surface area contributed by atoms with Gasteiger partial charge >= 0.3 is 0 Å². The summed E-state index contributed by atoms with van der Waals surface area (Å²) < 4.78 is 0. The third-order valence-corrected chi connectivity index (χ3v) is 2.87. The first-order valence-corrected chi connectivity index (χ1v) is 6.59. The lowest BCUT2D eigenvalue weighted by molar-refractivity contribution is 0.0939. The van der Waals surface area contributed by atoms with E-state index in [1.807, 2.05) is 32.9 Å². The second-order valence-corrected chi connectivity index (χ2v) is 4.61. The maximum Gasteiger partial charge on any atom is 0.252 e. The van der Waals surface area contributed by atoms with Crippen LogP contribution >= 0.6 is 0 Å². The first-order valence-electron chi connectivity index (χ1n) is 6.59. The molecule has 1 amide bonds. The van der Waals surface area contributed by atoms with E-state index in [0.29, 0.717) is 17.5 Å². The summed E-state index contributed by atoms with van der Waals surface area (Å²) in [5.41, 5.74) is 2.37. The van der Waals surface area contributed by atoms with E-state index in [1.54, 1.807) is 6.07 Å². The molecule has 1 aromatic carbocycles. The average Bonchev–Trinajstić information content (AvgIpc) is 2.38. The number of benzene rings is 1. The van der Waals surface area contributed by atoms with Gasteiger partial charge in [-0.2, -0.15) is 0 Å². The van der Waals surface area contributed by atoms with E-state index in [0.717, 1.165) is 12.0 Å². The van der Waals surface area contributed by atoms with Gasteiger partial charge in [0.15, 0.2) is 0 Å². The van der Waals surface area contributed by atoms with Crippen LogP contribution in [0.5, 0.6) is 0 Å². The molecule has 3 nitrogen and oxygen atoms in total. The Hall–Kier alpha value is -1.79. The van der Waals surface area contributed by atoms with Crippen LogP contribution in [0.15, 0.2) is 18.2 Å². The molecule has 0 aromatic heterocycles. The molecule has 102 valence electrons. The van der Waals surface area contributed by atoms with E-state index in [9.17, 15) is 4.79 Å². The summed E-state index contributed by atoms with van der Waals surface area (Å²) in [7, 11) is 0. The van der Waals surface area contributed by atoms with Crippen LogP contribution in [-0.4, -0.2) is 23.7 Å². The largest absolute Gasteiger partial charge is 0.395 e. The van der Waals surface area contributed by atoms with Gasteiger partial charge in [0.05, 0.1) is 12.2 Å². The predicted molar refractivity (Wildman–Crippen MR) is 77.0 cm³/mol. The molecular weight excluding hydrogens is 238 g/mol. The van der Waals surface area contributed by atoms with Gasteiger partial charge in [-0.15, -0.1) is 0 Å². The monoisotopic (exact) mass is 259 g/mol. The molecule has 0 aliphatic carbocycles. The van der Waals surface area contributed by atoms with Crippen LogP contribution in [0.2, 0.25) is 0 Å². The topological polar surface area (TPSA) is 49.3 Å². The van der Waals surface area contributed by atoms with Crippen molar-refractivity contribution >= 4 is 5.91 Å². The van der Waals surface area contributed by atoms with Gasteiger partial charge in [0, 0.05) is 18.0 Å². The molecule has 1 atom stereocenters. The number of aliphatic hydroxyl groups is 1. The highest BCUT2D eigenvalue weighted by atomic mass is 16.2. The molecule has 0 fully saturated rings. The molecule has 0 aliphatic rings. The van der Waals surface area contributed by atoms with Crippen molar-refractivity contribution < 1.29 is 9.90 Å². The van der Waals surface area contributed by atoms with E-state index in [1.165, 1.54) is 0 Å². The third kappa shape index (κ3) is 4.76. The van der Waals surface area contributed by atoms with Gasteiger partial charge in [-0.3, -0.25) is 4.79 Å². The Morgan fingerprint density at radius 1 is 1.47 bits per heavy atom. The Morgan fingerprint density at radius 2 is 2.21 bits per heavy atom. The van der Waals surface area contributed by atoms with Gasteiger partial charge in [-0.1, -0.05) is 24.8 Å². The van der Waals surface area contributed by atoms with Crippen LogP contribution in [0, 0.1) is 18.8 Å². The predicted octanol–water partition coefficient (Wildman–Crippen LogP) is 2.26. The zero-order valence-electron chi connectivity index (χ0n) is 11.8. The summed E-state index contributed by atoms with van der Waals surface area (Å²) in [6, 6.07) is 5.75. The Labute approximate surface area is 115 Å². The van der Waals surface area contributed by atoms with Crippen LogP contribution in [0.3, 0.4) is 0 Å². The molecule has 1 unspecified atom stereocenters. The molecule has 0 saturated carbocycles. The van der Waals surface area contributed by atoms with Crippen molar-refractivity contribution in [1.82, 2.24) is 5.32 Å². The number of carbonyl (C=O) groups is 1. The molecule has 1 aromatic rings. The van der Waals surface area contributed by atoms with Gasteiger partial charge in [-0.25, -0.2) is 0 Å². The number of amides is 1. The zero-order chi connectivity index (χ0) is 14.3. The van der Waals surface area contributed by atoms with Gasteiger partial charge in [0.1, 0.15) is 0 Å². The quantitative estimate of drug-likeness (QED) is 0.815. The number of aliphatic hydroxyl groups excluding tert-OH is 1. The van der Waals surface area contributed by atoms with Crippen LogP contribution < -0.4 is 5.32 Å². The molecule has 0 saturated heterocycles. The fourth-order valence-corrected chi connectivity index (χ4v) is 1.58. The number of aryl methyl sites for hydroxylation is 1. The number of carbonyl (C=O) groups excluding carboxylic acids is 1. The van der Waals surface area contributed by atoms with E-state index in [-0.39, 0.29) is 18.6 Å². The van der Waals surface area contributed by atoms with E-state index >= 15 is 0 Å². The fourth-order valence-electron chi connectivity index (χ4n) is 1.58. The maximum atomic E-state index is 12.2. The summed E-state index contributed by atoms with van der Waals surface area (Å²) in [5.74, 6) is 5.72. The average molecular weight is 259 g/mol. The zero-order valence-corrected chi connectivity index (χ0v) is 11.8. The second-order valence-electron chi connectivity index (χ2n) is 4.61. The van der Waals surface area contributed by atoms with E-state index in [4.69, 9.17) is 5.11 Å². The molecule has 0 bridgehead atoms. The van der Waals surface area contributed by atoms with Crippen molar-refractivity contribution in [2.45, 2.75) is 39.7 Å². The van der Waals surface area contributed by atoms with Gasteiger partial charge in [0.25, 0.3) is 5.91 Å². The number of rotatable bonds is 4. The van der Waals surface area contributed by atoms with E-state index < -0.39 is 0 Å².